The minimum absolute atomic E-state index is 0.201. The summed E-state index contributed by atoms with van der Waals surface area (Å²) in [6.45, 7) is 12.5. The van der Waals surface area contributed by atoms with Crippen LogP contribution in [-0.4, -0.2) is 66.1 Å². The second kappa shape index (κ2) is 6.12. The SMILES string of the molecule is CCOC(=O)C(C)(C)[C@]1(O)O[C@H]([C@H]2COC(C)(C)O2)[C@@H]2OC(C)(C)O[C@@H]21. The Morgan fingerprint density at radius 1 is 1.08 bits per heavy atom. The molecule has 0 aromatic rings. The summed E-state index contributed by atoms with van der Waals surface area (Å²) >= 11 is 0. The van der Waals surface area contributed by atoms with Crippen LogP contribution < -0.4 is 0 Å². The van der Waals surface area contributed by atoms with Crippen molar-refractivity contribution >= 4 is 5.97 Å². The molecule has 0 bridgehead atoms. The fourth-order valence-corrected chi connectivity index (χ4v) is 3.80. The van der Waals surface area contributed by atoms with Crippen LogP contribution in [0.3, 0.4) is 0 Å². The highest BCUT2D eigenvalue weighted by Crippen LogP contribution is 2.52. The maximum atomic E-state index is 12.5. The van der Waals surface area contributed by atoms with Crippen molar-refractivity contribution in [1.29, 1.82) is 0 Å². The number of fused-ring (bicyclic) bond motifs is 1. The van der Waals surface area contributed by atoms with Crippen molar-refractivity contribution in [3.63, 3.8) is 0 Å². The molecule has 8 nitrogen and oxygen atoms in total. The lowest BCUT2D eigenvalue weighted by molar-refractivity contribution is -0.319. The number of aliphatic hydroxyl groups is 1. The van der Waals surface area contributed by atoms with Gasteiger partial charge in [0.05, 0.1) is 13.2 Å². The van der Waals surface area contributed by atoms with Crippen LogP contribution in [-0.2, 0) is 33.2 Å². The third-order valence-electron chi connectivity index (χ3n) is 5.23. The maximum absolute atomic E-state index is 12.5. The van der Waals surface area contributed by atoms with Gasteiger partial charge in [-0.05, 0) is 48.5 Å². The van der Waals surface area contributed by atoms with E-state index in [1.54, 1.807) is 34.6 Å². The molecule has 8 heteroatoms. The smallest absolute Gasteiger partial charge is 0.317 e. The summed E-state index contributed by atoms with van der Waals surface area (Å²) in [7, 11) is 0. The van der Waals surface area contributed by atoms with Crippen LogP contribution in [0.15, 0.2) is 0 Å². The van der Waals surface area contributed by atoms with E-state index in [2.05, 4.69) is 0 Å². The first-order chi connectivity index (χ1) is 11.8. The molecular weight excluding hydrogens is 344 g/mol. The molecule has 1 N–H and O–H groups in total. The van der Waals surface area contributed by atoms with E-state index in [4.69, 9.17) is 28.4 Å². The minimum Gasteiger partial charge on any atom is -0.465 e. The second-order valence-corrected chi connectivity index (χ2v) is 8.51. The van der Waals surface area contributed by atoms with E-state index >= 15 is 0 Å². The van der Waals surface area contributed by atoms with E-state index < -0.39 is 53.2 Å². The Bertz CT molecular complexity index is 572. The molecule has 150 valence electrons. The number of ether oxygens (including phenoxy) is 6. The summed E-state index contributed by atoms with van der Waals surface area (Å²) < 4.78 is 34.7. The second-order valence-electron chi connectivity index (χ2n) is 8.51. The average Bonchev–Trinajstić information content (AvgIpc) is 3.11. The molecule has 26 heavy (non-hydrogen) atoms. The lowest BCUT2D eigenvalue weighted by atomic mass is 9.79. The molecule has 0 aliphatic carbocycles. The van der Waals surface area contributed by atoms with Crippen LogP contribution in [0.25, 0.3) is 0 Å². The van der Waals surface area contributed by atoms with Crippen molar-refractivity contribution in [3.05, 3.63) is 0 Å². The molecule has 0 saturated carbocycles. The predicted octanol–water partition coefficient (Wildman–Crippen LogP) is 1.33. The molecule has 5 atom stereocenters. The largest absolute Gasteiger partial charge is 0.465 e. The van der Waals surface area contributed by atoms with Gasteiger partial charge in [-0.2, -0.15) is 0 Å². The van der Waals surface area contributed by atoms with Gasteiger partial charge < -0.3 is 33.5 Å². The molecule has 3 fully saturated rings. The van der Waals surface area contributed by atoms with E-state index in [-0.39, 0.29) is 6.61 Å². The fraction of sp³-hybridized carbons (Fsp3) is 0.944. The van der Waals surface area contributed by atoms with Crippen LogP contribution in [0.5, 0.6) is 0 Å². The van der Waals surface area contributed by atoms with Gasteiger partial charge in [-0.3, -0.25) is 4.79 Å². The van der Waals surface area contributed by atoms with Gasteiger partial charge in [-0.25, -0.2) is 0 Å². The molecule has 3 rings (SSSR count). The van der Waals surface area contributed by atoms with E-state index in [9.17, 15) is 9.90 Å². The van der Waals surface area contributed by atoms with Gasteiger partial charge in [-0.15, -0.1) is 0 Å². The van der Waals surface area contributed by atoms with Gasteiger partial charge in [0.15, 0.2) is 11.6 Å². The zero-order valence-corrected chi connectivity index (χ0v) is 16.5. The van der Waals surface area contributed by atoms with Gasteiger partial charge in [0.25, 0.3) is 0 Å². The van der Waals surface area contributed by atoms with Crippen molar-refractivity contribution in [3.8, 4) is 0 Å². The molecule has 0 amide bonds. The Kier molecular flexibility index (Phi) is 4.70. The number of rotatable bonds is 4. The van der Waals surface area contributed by atoms with Gasteiger partial charge in [0, 0.05) is 0 Å². The fourth-order valence-electron chi connectivity index (χ4n) is 3.80. The Labute approximate surface area is 154 Å². The summed E-state index contributed by atoms with van der Waals surface area (Å²) in [5.74, 6) is -4.18. The molecule has 0 aromatic heterocycles. The predicted molar refractivity (Wildman–Crippen MR) is 89.0 cm³/mol. The quantitative estimate of drug-likeness (QED) is 0.737. The third kappa shape index (κ3) is 3.06. The van der Waals surface area contributed by atoms with Crippen molar-refractivity contribution in [2.75, 3.05) is 13.2 Å². The minimum atomic E-state index is -1.93. The first kappa shape index (κ1) is 20.0. The first-order valence-corrected chi connectivity index (χ1v) is 9.08. The molecule has 3 aliphatic rings. The molecule has 0 unspecified atom stereocenters. The third-order valence-corrected chi connectivity index (χ3v) is 5.23. The van der Waals surface area contributed by atoms with E-state index in [0.29, 0.717) is 6.61 Å². The summed E-state index contributed by atoms with van der Waals surface area (Å²) in [6, 6.07) is 0. The van der Waals surface area contributed by atoms with Crippen LogP contribution in [0.2, 0.25) is 0 Å². The van der Waals surface area contributed by atoms with E-state index in [1.807, 2.05) is 13.8 Å². The number of hydrogen-bond acceptors (Lipinski definition) is 8. The van der Waals surface area contributed by atoms with Crippen LogP contribution >= 0.6 is 0 Å². The average molecular weight is 374 g/mol. The highest BCUT2D eigenvalue weighted by molar-refractivity contribution is 5.77. The molecule has 3 aliphatic heterocycles. The summed E-state index contributed by atoms with van der Waals surface area (Å²) in [6.07, 6.45) is -2.58. The Balaban J connectivity index is 1.93. The Morgan fingerprint density at radius 2 is 1.73 bits per heavy atom. The Morgan fingerprint density at radius 3 is 2.27 bits per heavy atom. The Hall–Kier alpha value is -0.770. The zero-order valence-electron chi connectivity index (χ0n) is 16.5. The van der Waals surface area contributed by atoms with Crippen LogP contribution in [0, 0.1) is 5.41 Å². The number of carbonyl (C=O) groups excluding carboxylic acids is 1. The molecular formula is C18H30O8. The standard InChI is InChI=1S/C18H30O8/c1-8-21-14(19)15(2,3)18(20)13-12(24-17(6,7)26-13)11(25-18)10-9-22-16(4,5)23-10/h10-13,20H,8-9H2,1-7H3/t10-,11-,12+,13+,18-/m1/s1. The summed E-state index contributed by atoms with van der Waals surface area (Å²) in [4.78, 5) is 12.5. The van der Waals surface area contributed by atoms with Crippen molar-refractivity contribution < 1.29 is 38.3 Å². The van der Waals surface area contributed by atoms with Gasteiger partial charge in [-0.1, -0.05) is 0 Å². The van der Waals surface area contributed by atoms with Crippen molar-refractivity contribution in [2.24, 2.45) is 5.41 Å². The lowest BCUT2D eigenvalue weighted by Gasteiger charge is -2.40. The van der Waals surface area contributed by atoms with Crippen molar-refractivity contribution in [2.45, 2.75) is 90.2 Å². The molecule has 0 radical (unpaired) electrons. The zero-order chi connectivity index (χ0) is 19.5. The number of hydrogen-bond donors (Lipinski definition) is 1. The molecule has 3 heterocycles. The maximum Gasteiger partial charge on any atom is 0.317 e. The molecule has 0 spiro atoms. The van der Waals surface area contributed by atoms with Gasteiger partial charge >= 0.3 is 5.97 Å². The van der Waals surface area contributed by atoms with Gasteiger partial charge in [0.1, 0.15) is 29.8 Å². The summed E-state index contributed by atoms with van der Waals surface area (Å²) in [5.41, 5.74) is -1.38. The number of esters is 1. The number of carbonyl (C=O) groups is 1. The van der Waals surface area contributed by atoms with Crippen LogP contribution in [0.4, 0.5) is 0 Å². The monoisotopic (exact) mass is 374 g/mol. The highest BCUT2D eigenvalue weighted by Gasteiger charge is 2.71. The van der Waals surface area contributed by atoms with E-state index in [0.717, 1.165) is 0 Å². The van der Waals surface area contributed by atoms with Crippen molar-refractivity contribution in [1.82, 2.24) is 0 Å². The summed E-state index contributed by atoms with van der Waals surface area (Å²) in [5, 5.41) is 11.5. The van der Waals surface area contributed by atoms with Gasteiger partial charge in [0.2, 0.25) is 5.79 Å². The highest BCUT2D eigenvalue weighted by atomic mass is 16.8. The van der Waals surface area contributed by atoms with Crippen LogP contribution in [0.1, 0.15) is 48.5 Å². The normalized spacial score (nSPS) is 41.2. The molecule has 0 aromatic carbocycles. The topological polar surface area (TPSA) is 92.7 Å². The lowest BCUT2D eigenvalue weighted by Crippen LogP contribution is -2.58. The molecule has 3 saturated heterocycles. The van der Waals surface area contributed by atoms with E-state index in [1.165, 1.54) is 0 Å². The first-order valence-electron chi connectivity index (χ1n) is 9.08.